The molecule has 1 amide bonds. The number of nitrogens with one attached hydrogen (secondary N) is 1. The topological polar surface area (TPSA) is 61.5 Å². The largest absolute Gasteiger partial charge is 0.376 e. The minimum absolute atomic E-state index is 0.00663. The molecule has 0 spiro atoms. The number of hydrogen-bond donors (Lipinski definition) is 1. The molecule has 1 atom stereocenters. The first-order chi connectivity index (χ1) is 14.2. The van der Waals surface area contributed by atoms with Gasteiger partial charge in [0.05, 0.1) is 6.10 Å². The van der Waals surface area contributed by atoms with Gasteiger partial charge in [0.25, 0.3) is 5.91 Å². The number of aryl methyl sites for hydroxylation is 1. The second-order valence-electron chi connectivity index (χ2n) is 8.43. The average Bonchev–Trinajstić information content (AvgIpc) is 3.44. The van der Waals surface area contributed by atoms with Gasteiger partial charge in [-0.2, -0.15) is 0 Å². The summed E-state index contributed by atoms with van der Waals surface area (Å²) < 4.78 is 5.80. The smallest absolute Gasteiger partial charge is 0.289 e. The number of imidazole rings is 1. The van der Waals surface area contributed by atoms with Gasteiger partial charge < -0.3 is 14.6 Å². The Morgan fingerprint density at radius 1 is 1.24 bits per heavy atom. The van der Waals surface area contributed by atoms with Gasteiger partial charge in [0, 0.05) is 38.6 Å². The summed E-state index contributed by atoms with van der Waals surface area (Å²) in [5.41, 5.74) is 2.78. The van der Waals surface area contributed by atoms with E-state index in [-0.39, 0.29) is 12.0 Å². The first-order valence-corrected chi connectivity index (χ1v) is 10.9. The van der Waals surface area contributed by atoms with Crippen molar-refractivity contribution in [3.05, 3.63) is 53.6 Å². The summed E-state index contributed by atoms with van der Waals surface area (Å²) in [7, 11) is 0. The molecule has 6 nitrogen and oxygen atoms in total. The number of hydrogen-bond acceptors (Lipinski definition) is 4. The van der Waals surface area contributed by atoms with Gasteiger partial charge >= 0.3 is 0 Å². The van der Waals surface area contributed by atoms with Crippen LogP contribution in [-0.2, 0) is 11.3 Å². The first-order valence-electron chi connectivity index (χ1n) is 10.9. The molecule has 2 fully saturated rings. The first kappa shape index (κ1) is 20.1. The highest BCUT2D eigenvalue weighted by Crippen LogP contribution is 2.23. The molecule has 0 aliphatic carbocycles. The van der Waals surface area contributed by atoms with Crippen molar-refractivity contribution in [1.29, 1.82) is 0 Å². The van der Waals surface area contributed by atoms with Crippen molar-refractivity contribution in [2.45, 2.75) is 45.3 Å². The van der Waals surface area contributed by atoms with E-state index in [0.717, 1.165) is 58.5 Å². The number of amides is 1. The molecule has 2 aliphatic rings. The van der Waals surface area contributed by atoms with Gasteiger partial charge in [-0.3, -0.25) is 9.69 Å². The molecular formula is C23H32N4O2. The van der Waals surface area contributed by atoms with Gasteiger partial charge in [0.2, 0.25) is 0 Å². The molecule has 4 rings (SSSR count). The number of likely N-dealkylation sites (tertiary alicyclic amines) is 1. The zero-order valence-corrected chi connectivity index (χ0v) is 17.3. The summed E-state index contributed by atoms with van der Waals surface area (Å²) in [5.74, 6) is 0.955. The van der Waals surface area contributed by atoms with Crippen molar-refractivity contribution in [3.8, 4) is 0 Å². The quantitative estimate of drug-likeness (QED) is 0.780. The van der Waals surface area contributed by atoms with E-state index in [1.54, 1.807) is 12.4 Å². The van der Waals surface area contributed by atoms with Crippen molar-refractivity contribution < 1.29 is 9.53 Å². The van der Waals surface area contributed by atoms with Crippen LogP contribution >= 0.6 is 0 Å². The molecule has 2 aliphatic heterocycles. The van der Waals surface area contributed by atoms with E-state index in [0.29, 0.717) is 18.3 Å². The molecule has 0 radical (unpaired) electrons. The van der Waals surface area contributed by atoms with E-state index in [9.17, 15) is 4.79 Å². The molecule has 2 aromatic rings. The third-order valence-corrected chi connectivity index (χ3v) is 6.28. The van der Waals surface area contributed by atoms with Crippen LogP contribution in [0.1, 0.15) is 47.4 Å². The van der Waals surface area contributed by atoms with Crippen LogP contribution in [-0.4, -0.2) is 64.6 Å². The predicted octanol–water partition coefficient (Wildman–Crippen LogP) is 3.25. The van der Waals surface area contributed by atoms with E-state index < -0.39 is 0 Å². The maximum Gasteiger partial charge on any atom is 0.289 e. The van der Waals surface area contributed by atoms with Crippen LogP contribution in [0, 0.1) is 12.8 Å². The Morgan fingerprint density at radius 2 is 2.07 bits per heavy atom. The van der Waals surface area contributed by atoms with Crippen molar-refractivity contribution >= 4 is 5.91 Å². The normalized spacial score (nSPS) is 20.8. The molecule has 156 valence electrons. The van der Waals surface area contributed by atoms with Crippen molar-refractivity contribution in [2.24, 2.45) is 5.92 Å². The Balaban J connectivity index is 1.33. The van der Waals surface area contributed by atoms with Gasteiger partial charge in [0.1, 0.15) is 0 Å². The number of benzene rings is 1. The summed E-state index contributed by atoms with van der Waals surface area (Å²) in [5, 5.41) is 0. The Bertz CT molecular complexity index is 778. The highest BCUT2D eigenvalue weighted by Gasteiger charge is 2.28. The van der Waals surface area contributed by atoms with Crippen LogP contribution in [0.15, 0.2) is 36.7 Å². The standard InChI is InChI=1S/C23H32N4O2/c1-18-5-2-3-6-20(18)16-26-12-8-19(9-13-26)15-27(17-21-7-4-14-29-21)23(28)22-24-10-11-25-22/h2-3,5-6,10-11,19,21H,4,7-9,12-17H2,1H3,(H,24,25)/t21-/m1/s1. The lowest BCUT2D eigenvalue weighted by Crippen LogP contribution is -2.43. The van der Waals surface area contributed by atoms with Crippen LogP contribution in [0.25, 0.3) is 0 Å². The minimum atomic E-state index is -0.00663. The molecule has 0 unspecified atom stereocenters. The van der Waals surface area contributed by atoms with Crippen molar-refractivity contribution in [3.63, 3.8) is 0 Å². The van der Waals surface area contributed by atoms with Crippen LogP contribution in [0.5, 0.6) is 0 Å². The highest BCUT2D eigenvalue weighted by atomic mass is 16.5. The number of aromatic amines is 1. The second-order valence-corrected chi connectivity index (χ2v) is 8.43. The maximum absolute atomic E-state index is 13.0. The Morgan fingerprint density at radius 3 is 2.76 bits per heavy atom. The van der Waals surface area contributed by atoms with E-state index >= 15 is 0 Å². The number of nitrogens with zero attached hydrogens (tertiary/aromatic N) is 3. The van der Waals surface area contributed by atoms with E-state index in [4.69, 9.17) is 4.74 Å². The van der Waals surface area contributed by atoms with Crippen molar-refractivity contribution in [1.82, 2.24) is 19.8 Å². The number of carbonyl (C=O) groups is 1. The molecule has 1 aromatic carbocycles. The fraction of sp³-hybridized carbons (Fsp3) is 0.565. The summed E-state index contributed by atoms with van der Waals surface area (Å²) in [4.78, 5) is 24.6. The zero-order chi connectivity index (χ0) is 20.1. The lowest BCUT2D eigenvalue weighted by atomic mass is 9.95. The maximum atomic E-state index is 13.0. The van der Waals surface area contributed by atoms with Crippen LogP contribution in [0.4, 0.5) is 0 Å². The summed E-state index contributed by atoms with van der Waals surface area (Å²) in [6, 6.07) is 8.64. The third kappa shape index (κ3) is 5.25. The Hall–Kier alpha value is -2.18. The molecule has 29 heavy (non-hydrogen) atoms. The molecule has 2 saturated heterocycles. The Kier molecular flexibility index (Phi) is 6.62. The molecule has 0 bridgehead atoms. The lowest BCUT2D eigenvalue weighted by molar-refractivity contribution is 0.0436. The number of ether oxygens (including phenoxy) is 1. The monoisotopic (exact) mass is 396 g/mol. The molecule has 1 aromatic heterocycles. The third-order valence-electron chi connectivity index (χ3n) is 6.28. The number of aromatic nitrogens is 2. The Labute approximate surface area is 173 Å². The summed E-state index contributed by atoms with van der Waals surface area (Å²) in [6.07, 6.45) is 7.89. The number of H-pyrrole nitrogens is 1. The van der Waals surface area contributed by atoms with Crippen LogP contribution in [0.3, 0.4) is 0 Å². The number of carbonyl (C=O) groups excluding carboxylic acids is 1. The van der Waals surface area contributed by atoms with Gasteiger partial charge in [0.15, 0.2) is 5.82 Å². The van der Waals surface area contributed by atoms with Gasteiger partial charge in [-0.15, -0.1) is 0 Å². The molecule has 6 heteroatoms. The predicted molar refractivity (Wildman–Crippen MR) is 113 cm³/mol. The molecule has 3 heterocycles. The summed E-state index contributed by atoms with van der Waals surface area (Å²) >= 11 is 0. The van der Waals surface area contributed by atoms with E-state index in [1.807, 2.05) is 4.90 Å². The molecular weight excluding hydrogens is 364 g/mol. The zero-order valence-electron chi connectivity index (χ0n) is 17.3. The average molecular weight is 397 g/mol. The molecule has 1 N–H and O–H groups in total. The van der Waals surface area contributed by atoms with Gasteiger partial charge in [-0.05, 0) is 62.7 Å². The molecule has 0 saturated carbocycles. The number of rotatable bonds is 7. The van der Waals surface area contributed by atoms with E-state index in [2.05, 4.69) is 46.1 Å². The lowest BCUT2D eigenvalue weighted by Gasteiger charge is -2.35. The highest BCUT2D eigenvalue weighted by molar-refractivity contribution is 5.90. The van der Waals surface area contributed by atoms with E-state index in [1.165, 1.54) is 11.1 Å². The fourth-order valence-electron chi connectivity index (χ4n) is 4.47. The number of piperidine rings is 1. The minimum Gasteiger partial charge on any atom is -0.376 e. The fourth-order valence-corrected chi connectivity index (χ4v) is 4.47. The van der Waals surface area contributed by atoms with Gasteiger partial charge in [-0.25, -0.2) is 4.98 Å². The van der Waals surface area contributed by atoms with Gasteiger partial charge in [-0.1, -0.05) is 24.3 Å². The van der Waals surface area contributed by atoms with Crippen molar-refractivity contribution in [2.75, 3.05) is 32.8 Å². The van der Waals surface area contributed by atoms with Crippen LogP contribution < -0.4 is 0 Å². The van der Waals surface area contributed by atoms with Crippen LogP contribution in [0.2, 0.25) is 0 Å². The second kappa shape index (κ2) is 9.55. The SMILES string of the molecule is Cc1ccccc1CN1CCC(CN(C[C@H]2CCCO2)C(=O)c2ncc[nH]2)CC1. The summed E-state index contributed by atoms with van der Waals surface area (Å²) in [6.45, 7) is 7.64.